The zero-order valence-electron chi connectivity index (χ0n) is 16.4. The normalized spacial score (nSPS) is 10.9. The number of thiazole rings is 1. The van der Waals surface area contributed by atoms with Crippen molar-refractivity contribution in [2.45, 2.75) is 33.6 Å². The van der Waals surface area contributed by atoms with Crippen LogP contribution in [0.1, 0.15) is 48.1 Å². The average Bonchev–Trinajstić information content (AvgIpc) is 3.10. The van der Waals surface area contributed by atoms with Gasteiger partial charge in [-0.15, -0.1) is 0 Å². The average molecular weight is 426 g/mol. The van der Waals surface area contributed by atoms with E-state index in [1.165, 1.54) is 18.4 Å². The zero-order valence-corrected chi connectivity index (χ0v) is 17.9. The van der Waals surface area contributed by atoms with Crippen molar-refractivity contribution in [3.63, 3.8) is 0 Å². The maximum Gasteiger partial charge on any atom is 0.350 e. The fourth-order valence-corrected chi connectivity index (χ4v) is 3.52. The van der Waals surface area contributed by atoms with E-state index in [9.17, 15) is 4.79 Å². The van der Waals surface area contributed by atoms with Gasteiger partial charge < -0.3 is 14.2 Å². The maximum atomic E-state index is 11.8. The van der Waals surface area contributed by atoms with Gasteiger partial charge >= 0.3 is 5.97 Å². The van der Waals surface area contributed by atoms with Gasteiger partial charge in [0.15, 0.2) is 11.5 Å². The number of carbonyl (C=O) groups excluding carboxylic acids is 1. The van der Waals surface area contributed by atoms with E-state index in [-0.39, 0.29) is 0 Å². The minimum Gasteiger partial charge on any atom is -0.490 e. The van der Waals surface area contributed by atoms with E-state index in [4.69, 9.17) is 25.8 Å². The lowest BCUT2D eigenvalue weighted by Crippen LogP contribution is -2.02. The Morgan fingerprint density at radius 1 is 1.32 bits per heavy atom. The summed E-state index contributed by atoms with van der Waals surface area (Å²) >= 11 is 7.54. The standard InChI is InChI=1S/C19H24ClN3O4S/c1-5-8-27-16-13(20)9-12(10-15(16)26-7-3)11-21-23-19-22-14(6-2)17(28-19)18(24)25-4/h9-11H,5-8H2,1-4H3,(H,22,23)/b21-11-. The molecule has 0 saturated carbocycles. The molecule has 0 spiro atoms. The number of carbonyl (C=O) groups is 1. The Kier molecular flexibility index (Phi) is 8.53. The fraction of sp³-hybridized carbons (Fsp3) is 0.421. The molecule has 1 aromatic carbocycles. The van der Waals surface area contributed by atoms with Gasteiger partial charge in [0.1, 0.15) is 4.88 Å². The number of methoxy groups -OCH3 is 1. The smallest absolute Gasteiger partial charge is 0.350 e. The number of ether oxygens (including phenoxy) is 3. The van der Waals surface area contributed by atoms with Crippen LogP contribution in [-0.2, 0) is 11.2 Å². The minimum absolute atomic E-state index is 0.401. The van der Waals surface area contributed by atoms with Crippen LogP contribution >= 0.6 is 22.9 Å². The Morgan fingerprint density at radius 2 is 2.11 bits per heavy atom. The van der Waals surface area contributed by atoms with Gasteiger partial charge in [-0.3, -0.25) is 5.43 Å². The number of nitrogens with zero attached hydrogens (tertiary/aromatic N) is 2. The number of aryl methyl sites for hydroxylation is 1. The van der Waals surface area contributed by atoms with Crippen LogP contribution in [0.4, 0.5) is 5.13 Å². The molecule has 0 aliphatic heterocycles. The molecule has 0 radical (unpaired) electrons. The first-order valence-corrected chi connectivity index (χ1v) is 10.2. The largest absolute Gasteiger partial charge is 0.490 e. The molecule has 0 saturated heterocycles. The highest BCUT2D eigenvalue weighted by atomic mass is 35.5. The van der Waals surface area contributed by atoms with Crippen molar-refractivity contribution >= 4 is 40.3 Å². The van der Waals surface area contributed by atoms with Crippen molar-refractivity contribution in [2.24, 2.45) is 5.10 Å². The summed E-state index contributed by atoms with van der Waals surface area (Å²) in [7, 11) is 1.35. The monoisotopic (exact) mass is 425 g/mol. The summed E-state index contributed by atoms with van der Waals surface area (Å²) in [6, 6.07) is 3.56. The van der Waals surface area contributed by atoms with Crippen LogP contribution in [0.25, 0.3) is 0 Å². The summed E-state index contributed by atoms with van der Waals surface area (Å²) in [5.41, 5.74) is 4.26. The van der Waals surface area contributed by atoms with Gasteiger partial charge in [-0.05, 0) is 37.5 Å². The third-order valence-electron chi connectivity index (χ3n) is 3.56. The summed E-state index contributed by atoms with van der Waals surface area (Å²) in [4.78, 5) is 16.6. The van der Waals surface area contributed by atoms with Gasteiger partial charge in [0.05, 0.1) is 37.3 Å². The summed E-state index contributed by atoms with van der Waals surface area (Å²) in [5.74, 6) is 0.702. The molecule has 0 aliphatic carbocycles. The van der Waals surface area contributed by atoms with Gasteiger partial charge in [0.25, 0.3) is 0 Å². The third-order valence-corrected chi connectivity index (χ3v) is 4.82. The van der Waals surface area contributed by atoms with Crippen LogP contribution in [0.3, 0.4) is 0 Å². The van der Waals surface area contributed by atoms with Crippen LogP contribution in [-0.4, -0.2) is 37.5 Å². The summed E-state index contributed by atoms with van der Waals surface area (Å²) < 4.78 is 16.1. The lowest BCUT2D eigenvalue weighted by Gasteiger charge is -2.13. The molecule has 1 heterocycles. The number of anilines is 1. The van der Waals surface area contributed by atoms with Crippen LogP contribution in [0.2, 0.25) is 5.02 Å². The summed E-state index contributed by atoms with van der Waals surface area (Å²) in [5, 5.41) is 5.15. The third kappa shape index (κ3) is 5.59. The molecular weight excluding hydrogens is 402 g/mol. The summed E-state index contributed by atoms with van der Waals surface area (Å²) in [6.07, 6.45) is 3.10. The molecule has 0 amide bonds. The predicted molar refractivity (Wildman–Crippen MR) is 112 cm³/mol. The number of nitrogens with one attached hydrogen (secondary N) is 1. The van der Waals surface area contributed by atoms with Crippen molar-refractivity contribution in [1.82, 2.24) is 4.98 Å². The Labute approximate surface area is 173 Å². The number of esters is 1. The molecule has 1 N–H and O–H groups in total. The van der Waals surface area contributed by atoms with E-state index in [1.54, 1.807) is 12.3 Å². The van der Waals surface area contributed by atoms with Crippen molar-refractivity contribution in [2.75, 3.05) is 25.7 Å². The highest BCUT2D eigenvalue weighted by Gasteiger charge is 2.17. The van der Waals surface area contributed by atoms with E-state index in [1.807, 2.05) is 26.8 Å². The molecule has 9 heteroatoms. The molecule has 28 heavy (non-hydrogen) atoms. The fourth-order valence-electron chi connectivity index (χ4n) is 2.32. The second kappa shape index (κ2) is 10.9. The number of aromatic nitrogens is 1. The van der Waals surface area contributed by atoms with Gasteiger partial charge in [0.2, 0.25) is 5.13 Å². The van der Waals surface area contributed by atoms with Crippen molar-refractivity contribution < 1.29 is 19.0 Å². The second-order valence-electron chi connectivity index (χ2n) is 5.62. The minimum atomic E-state index is -0.401. The summed E-state index contributed by atoms with van der Waals surface area (Å²) in [6.45, 7) is 6.89. The number of rotatable bonds is 10. The van der Waals surface area contributed by atoms with E-state index >= 15 is 0 Å². The van der Waals surface area contributed by atoms with Gasteiger partial charge in [-0.1, -0.05) is 36.8 Å². The topological polar surface area (TPSA) is 82.0 Å². The van der Waals surface area contributed by atoms with Crippen LogP contribution in [0, 0.1) is 0 Å². The highest BCUT2D eigenvalue weighted by molar-refractivity contribution is 7.17. The number of halogens is 1. The van der Waals surface area contributed by atoms with Crippen LogP contribution in [0.5, 0.6) is 11.5 Å². The van der Waals surface area contributed by atoms with Gasteiger partial charge in [-0.2, -0.15) is 5.10 Å². The Bertz CT molecular complexity index is 839. The Balaban J connectivity index is 2.17. The molecule has 0 bridgehead atoms. The SMILES string of the molecule is CCCOc1c(Cl)cc(/C=N\Nc2nc(CC)c(C(=O)OC)s2)cc1OCC. The van der Waals surface area contributed by atoms with Crippen LogP contribution < -0.4 is 14.9 Å². The molecule has 0 fully saturated rings. The van der Waals surface area contributed by atoms with Gasteiger partial charge in [-0.25, -0.2) is 9.78 Å². The maximum absolute atomic E-state index is 11.8. The molecule has 0 aliphatic rings. The lowest BCUT2D eigenvalue weighted by atomic mass is 10.2. The van der Waals surface area contributed by atoms with E-state index < -0.39 is 5.97 Å². The van der Waals surface area contributed by atoms with Crippen molar-refractivity contribution in [1.29, 1.82) is 0 Å². The molecule has 0 atom stereocenters. The highest BCUT2D eigenvalue weighted by Crippen LogP contribution is 2.36. The predicted octanol–water partition coefficient (Wildman–Crippen LogP) is 4.78. The number of hydrogen-bond donors (Lipinski definition) is 1. The molecule has 1 aromatic heterocycles. The zero-order chi connectivity index (χ0) is 20.5. The second-order valence-corrected chi connectivity index (χ2v) is 7.03. The van der Waals surface area contributed by atoms with Gasteiger partial charge in [0, 0.05) is 0 Å². The number of hydrogen-bond acceptors (Lipinski definition) is 8. The molecule has 7 nitrogen and oxygen atoms in total. The van der Waals surface area contributed by atoms with Crippen molar-refractivity contribution in [3.8, 4) is 11.5 Å². The molecule has 2 rings (SSSR count). The first-order chi connectivity index (χ1) is 13.5. The Hall–Kier alpha value is -2.32. The van der Waals surface area contributed by atoms with Crippen molar-refractivity contribution in [3.05, 3.63) is 33.3 Å². The molecule has 2 aromatic rings. The van der Waals surface area contributed by atoms with E-state index in [2.05, 4.69) is 15.5 Å². The molecular formula is C19H24ClN3O4S. The molecule has 152 valence electrons. The number of hydrazone groups is 1. The number of benzene rings is 1. The quantitative estimate of drug-likeness (QED) is 0.335. The first-order valence-electron chi connectivity index (χ1n) is 9.00. The molecule has 0 unspecified atom stereocenters. The van der Waals surface area contributed by atoms with E-state index in [0.29, 0.717) is 51.9 Å². The van der Waals surface area contributed by atoms with E-state index in [0.717, 1.165) is 12.0 Å². The van der Waals surface area contributed by atoms with Crippen LogP contribution in [0.15, 0.2) is 17.2 Å². The lowest BCUT2D eigenvalue weighted by molar-refractivity contribution is 0.0605. The Morgan fingerprint density at radius 3 is 2.75 bits per heavy atom. The first kappa shape index (κ1) is 22.0.